The standard InChI is InChI=1S/C26H31F3N6O2/c27-26(28,29)25-32-22(34-12-8-20(17-36)9-13-34)14-23(33-25)35-11-1-2-21(16-35)24(37)31-10-7-18-3-5-19(15-30)6-4-18/h3-6,14,20-21,36H,1-2,7-13,16-17H2,(H,31,37). The number of rotatable bonds is 7. The number of nitriles is 1. The quantitative estimate of drug-likeness (QED) is 0.583. The minimum Gasteiger partial charge on any atom is -0.396 e. The Kier molecular flexibility index (Phi) is 8.48. The summed E-state index contributed by atoms with van der Waals surface area (Å²) in [6, 6.07) is 10.8. The number of carbonyl (C=O) groups is 1. The van der Waals surface area contributed by atoms with Gasteiger partial charge in [-0.15, -0.1) is 0 Å². The van der Waals surface area contributed by atoms with Gasteiger partial charge >= 0.3 is 6.18 Å². The maximum Gasteiger partial charge on any atom is 0.451 e. The highest BCUT2D eigenvalue weighted by molar-refractivity contribution is 5.79. The lowest BCUT2D eigenvalue weighted by molar-refractivity contribution is -0.144. The van der Waals surface area contributed by atoms with Crippen molar-refractivity contribution in [2.45, 2.75) is 38.3 Å². The van der Waals surface area contributed by atoms with Crippen molar-refractivity contribution < 1.29 is 23.1 Å². The van der Waals surface area contributed by atoms with Gasteiger partial charge < -0.3 is 20.2 Å². The highest BCUT2D eigenvalue weighted by Crippen LogP contribution is 2.33. The van der Waals surface area contributed by atoms with Gasteiger partial charge in [-0.05, 0) is 55.7 Å². The Bertz CT molecular complexity index is 1110. The highest BCUT2D eigenvalue weighted by atomic mass is 19.4. The smallest absolute Gasteiger partial charge is 0.396 e. The second-order valence-corrected chi connectivity index (χ2v) is 9.65. The van der Waals surface area contributed by atoms with Crippen molar-refractivity contribution in [1.82, 2.24) is 15.3 Å². The number of nitrogens with zero attached hydrogens (tertiary/aromatic N) is 5. The van der Waals surface area contributed by atoms with Gasteiger partial charge in [-0.25, -0.2) is 9.97 Å². The first-order chi connectivity index (χ1) is 17.8. The van der Waals surface area contributed by atoms with E-state index in [1.165, 1.54) is 0 Å². The van der Waals surface area contributed by atoms with E-state index < -0.39 is 12.0 Å². The lowest BCUT2D eigenvalue weighted by Gasteiger charge is -2.35. The number of hydrogen-bond acceptors (Lipinski definition) is 7. The lowest BCUT2D eigenvalue weighted by Crippen LogP contribution is -2.44. The molecule has 1 aromatic heterocycles. The van der Waals surface area contributed by atoms with Crippen LogP contribution < -0.4 is 15.1 Å². The number of aromatic nitrogens is 2. The van der Waals surface area contributed by atoms with Crippen molar-refractivity contribution in [1.29, 1.82) is 5.26 Å². The molecule has 0 aliphatic carbocycles. The number of aliphatic hydroxyl groups excluding tert-OH is 1. The van der Waals surface area contributed by atoms with Gasteiger partial charge in [0.25, 0.3) is 0 Å². The maximum absolute atomic E-state index is 13.7. The fourth-order valence-electron chi connectivity index (χ4n) is 4.84. The Labute approximate surface area is 214 Å². The van der Waals surface area contributed by atoms with Crippen molar-refractivity contribution in [3.8, 4) is 6.07 Å². The van der Waals surface area contributed by atoms with E-state index in [-0.39, 0.29) is 42.5 Å². The highest BCUT2D eigenvalue weighted by Gasteiger charge is 2.37. The summed E-state index contributed by atoms with van der Waals surface area (Å²) in [5.74, 6) is -1.12. The van der Waals surface area contributed by atoms with Crippen LogP contribution in [0.15, 0.2) is 30.3 Å². The summed E-state index contributed by atoms with van der Waals surface area (Å²) in [6.45, 7) is 2.33. The summed E-state index contributed by atoms with van der Waals surface area (Å²) < 4.78 is 41.0. The minimum absolute atomic E-state index is 0.0708. The van der Waals surface area contributed by atoms with Crippen molar-refractivity contribution >= 4 is 17.5 Å². The summed E-state index contributed by atoms with van der Waals surface area (Å²) in [7, 11) is 0. The summed E-state index contributed by atoms with van der Waals surface area (Å²) in [6.07, 6.45) is -1.39. The van der Waals surface area contributed by atoms with Gasteiger partial charge in [-0.2, -0.15) is 18.4 Å². The van der Waals surface area contributed by atoms with Crippen LogP contribution in [0.5, 0.6) is 0 Å². The lowest BCUT2D eigenvalue weighted by atomic mass is 9.97. The molecule has 2 N–H and O–H groups in total. The topological polar surface area (TPSA) is 105 Å². The largest absolute Gasteiger partial charge is 0.451 e. The van der Waals surface area contributed by atoms with Crippen molar-refractivity contribution in [3.63, 3.8) is 0 Å². The summed E-state index contributed by atoms with van der Waals surface area (Å²) in [5, 5.41) is 21.2. The molecule has 1 aromatic carbocycles. The molecule has 0 radical (unpaired) electrons. The van der Waals surface area contributed by atoms with Gasteiger partial charge in [0.15, 0.2) is 0 Å². The van der Waals surface area contributed by atoms with Gasteiger partial charge in [0, 0.05) is 45.4 Å². The zero-order valence-corrected chi connectivity index (χ0v) is 20.5. The molecule has 1 amide bonds. The number of halogens is 3. The van der Waals surface area contributed by atoms with E-state index in [0.29, 0.717) is 63.8 Å². The zero-order chi connectivity index (χ0) is 26.4. The molecule has 37 heavy (non-hydrogen) atoms. The molecule has 0 spiro atoms. The number of carbonyl (C=O) groups excluding carboxylic acids is 1. The second-order valence-electron chi connectivity index (χ2n) is 9.65. The van der Waals surface area contributed by atoms with E-state index in [4.69, 9.17) is 5.26 Å². The summed E-state index contributed by atoms with van der Waals surface area (Å²) in [4.78, 5) is 24.0. The molecule has 3 heterocycles. The maximum atomic E-state index is 13.7. The van der Waals surface area contributed by atoms with Crippen LogP contribution in [0.3, 0.4) is 0 Å². The van der Waals surface area contributed by atoms with Gasteiger partial charge in [0.2, 0.25) is 11.7 Å². The molecule has 2 aliphatic heterocycles. The first-order valence-electron chi connectivity index (χ1n) is 12.6. The van der Waals surface area contributed by atoms with Crippen LogP contribution in [0.4, 0.5) is 24.8 Å². The van der Waals surface area contributed by atoms with Gasteiger partial charge in [0.05, 0.1) is 17.6 Å². The Morgan fingerprint density at radius 2 is 1.76 bits per heavy atom. The van der Waals surface area contributed by atoms with Crippen molar-refractivity contribution in [3.05, 3.63) is 47.3 Å². The molecule has 2 aromatic rings. The molecule has 8 nitrogen and oxygen atoms in total. The van der Waals surface area contributed by atoms with Gasteiger partial charge in [0.1, 0.15) is 11.6 Å². The molecule has 198 valence electrons. The van der Waals surface area contributed by atoms with Crippen LogP contribution in [-0.2, 0) is 17.4 Å². The third-order valence-electron chi connectivity index (χ3n) is 7.06. The summed E-state index contributed by atoms with van der Waals surface area (Å²) in [5.41, 5.74) is 1.58. The van der Waals surface area contributed by atoms with Crippen LogP contribution >= 0.6 is 0 Å². The normalized spacial score (nSPS) is 18.9. The molecule has 4 rings (SSSR count). The van der Waals surface area contributed by atoms with Crippen LogP contribution in [-0.4, -0.2) is 60.3 Å². The molecule has 11 heteroatoms. The minimum atomic E-state index is -4.69. The predicted molar refractivity (Wildman–Crippen MR) is 132 cm³/mol. The molecule has 0 saturated carbocycles. The van der Waals surface area contributed by atoms with Crippen LogP contribution in [0.2, 0.25) is 0 Å². The van der Waals surface area contributed by atoms with E-state index >= 15 is 0 Å². The Balaban J connectivity index is 1.41. The van der Waals surface area contributed by atoms with E-state index in [1.807, 2.05) is 17.0 Å². The molecule has 0 bridgehead atoms. The Hall–Kier alpha value is -3.39. The number of hydrogen-bond donors (Lipinski definition) is 2. The average molecular weight is 517 g/mol. The third-order valence-corrected chi connectivity index (χ3v) is 7.06. The molecule has 2 fully saturated rings. The third kappa shape index (κ3) is 6.89. The Morgan fingerprint density at radius 1 is 1.08 bits per heavy atom. The van der Waals surface area contributed by atoms with Gasteiger partial charge in [-0.3, -0.25) is 4.79 Å². The first kappa shape index (κ1) is 26.7. The number of amides is 1. The van der Waals surface area contributed by atoms with E-state index in [0.717, 1.165) is 5.56 Å². The number of nitrogens with one attached hydrogen (secondary N) is 1. The predicted octanol–water partition coefficient (Wildman–Crippen LogP) is 3.15. The van der Waals surface area contributed by atoms with Crippen molar-refractivity contribution in [2.24, 2.45) is 11.8 Å². The molecular weight excluding hydrogens is 485 g/mol. The molecule has 1 atom stereocenters. The number of aliphatic hydroxyl groups is 1. The number of anilines is 2. The van der Waals surface area contributed by atoms with Crippen LogP contribution in [0.1, 0.15) is 42.6 Å². The van der Waals surface area contributed by atoms with Crippen LogP contribution in [0, 0.1) is 23.2 Å². The van der Waals surface area contributed by atoms with E-state index in [2.05, 4.69) is 21.4 Å². The van der Waals surface area contributed by atoms with Crippen molar-refractivity contribution in [2.75, 3.05) is 49.1 Å². The zero-order valence-electron chi connectivity index (χ0n) is 20.5. The number of piperidine rings is 2. The van der Waals surface area contributed by atoms with Crippen LogP contribution in [0.25, 0.3) is 0 Å². The van der Waals surface area contributed by atoms with E-state index in [9.17, 15) is 23.1 Å². The second kappa shape index (κ2) is 11.8. The Morgan fingerprint density at radius 3 is 2.38 bits per heavy atom. The summed E-state index contributed by atoms with van der Waals surface area (Å²) >= 11 is 0. The monoisotopic (exact) mass is 516 g/mol. The number of alkyl halides is 3. The molecule has 2 aliphatic rings. The fourth-order valence-corrected chi connectivity index (χ4v) is 4.84. The molecular formula is C26H31F3N6O2. The first-order valence-corrected chi connectivity index (χ1v) is 12.6. The molecule has 2 saturated heterocycles. The number of benzene rings is 1. The van der Waals surface area contributed by atoms with Gasteiger partial charge in [-0.1, -0.05) is 12.1 Å². The fraction of sp³-hybridized carbons (Fsp3) is 0.538. The SMILES string of the molecule is N#Cc1ccc(CCNC(=O)C2CCCN(c3cc(N4CCC(CO)CC4)nc(C(F)(F)F)n3)C2)cc1. The average Bonchev–Trinajstić information content (AvgIpc) is 2.92. The molecule has 1 unspecified atom stereocenters. The van der Waals surface area contributed by atoms with E-state index in [1.54, 1.807) is 23.1 Å².